The van der Waals surface area contributed by atoms with Crippen molar-refractivity contribution in [3.63, 3.8) is 0 Å². The number of nitrogens with one attached hydrogen (secondary N) is 2. The molecule has 2 N–H and O–H groups in total. The van der Waals surface area contributed by atoms with Gasteiger partial charge in [0.1, 0.15) is 17.9 Å². The number of hydrogen-bond acceptors (Lipinski definition) is 5. The highest BCUT2D eigenvalue weighted by Crippen LogP contribution is 2.30. The minimum Gasteiger partial charge on any atom is -0.493 e. The van der Waals surface area contributed by atoms with Gasteiger partial charge in [0.25, 0.3) is 0 Å². The van der Waals surface area contributed by atoms with E-state index in [0.717, 1.165) is 17.1 Å². The number of aryl methyl sites for hydroxylation is 1. The summed E-state index contributed by atoms with van der Waals surface area (Å²) in [5, 5.41) is 10.5. The maximum absolute atomic E-state index is 5.90. The van der Waals surface area contributed by atoms with Crippen LogP contribution in [-0.2, 0) is 20.1 Å². The Morgan fingerprint density at radius 1 is 1.03 bits per heavy atom. The highest BCUT2D eigenvalue weighted by Gasteiger charge is 2.05. The Morgan fingerprint density at radius 2 is 1.72 bits per heavy atom. The van der Waals surface area contributed by atoms with Gasteiger partial charge >= 0.3 is 0 Å². The molecule has 0 spiro atoms. The lowest BCUT2D eigenvalue weighted by Crippen LogP contribution is -2.36. The van der Waals surface area contributed by atoms with Crippen LogP contribution in [0.2, 0.25) is 0 Å². The van der Waals surface area contributed by atoms with Crippen molar-refractivity contribution in [2.75, 3.05) is 14.2 Å². The lowest BCUT2D eigenvalue weighted by molar-refractivity contribution is 0.379. The van der Waals surface area contributed by atoms with Crippen LogP contribution in [0.15, 0.2) is 59.9 Å². The highest BCUT2D eigenvalue weighted by molar-refractivity contribution is 14.0. The third kappa shape index (κ3) is 6.34. The van der Waals surface area contributed by atoms with Crippen molar-refractivity contribution in [2.24, 2.45) is 12.0 Å². The summed E-state index contributed by atoms with van der Waals surface area (Å²) in [6.45, 7) is 1.18. The van der Waals surface area contributed by atoms with E-state index in [4.69, 9.17) is 9.47 Å². The van der Waals surface area contributed by atoms with Gasteiger partial charge in [-0.3, -0.25) is 9.67 Å². The Balaban J connectivity index is 0.00000300. The van der Waals surface area contributed by atoms with Crippen LogP contribution in [-0.4, -0.2) is 34.9 Å². The molecule has 2 aromatic carbocycles. The number of rotatable bonds is 7. The first-order chi connectivity index (χ1) is 13.7. The van der Waals surface area contributed by atoms with Gasteiger partial charge in [0.2, 0.25) is 0 Å². The van der Waals surface area contributed by atoms with Gasteiger partial charge in [0.05, 0.1) is 13.7 Å². The second kappa shape index (κ2) is 11.2. The molecule has 8 nitrogen and oxygen atoms in total. The van der Waals surface area contributed by atoms with Crippen LogP contribution in [0.1, 0.15) is 11.4 Å². The van der Waals surface area contributed by atoms with Crippen molar-refractivity contribution in [3.05, 3.63) is 66.2 Å². The summed E-state index contributed by atoms with van der Waals surface area (Å²) in [5.41, 5.74) is 1.11. The van der Waals surface area contributed by atoms with Gasteiger partial charge < -0.3 is 20.1 Å². The molecule has 0 fully saturated rings. The van der Waals surface area contributed by atoms with Gasteiger partial charge in [-0.05, 0) is 29.8 Å². The summed E-state index contributed by atoms with van der Waals surface area (Å²) in [7, 11) is 5.22. The van der Waals surface area contributed by atoms with Crippen molar-refractivity contribution in [3.8, 4) is 17.2 Å². The molecule has 0 atom stereocenters. The van der Waals surface area contributed by atoms with Crippen LogP contribution in [0.5, 0.6) is 17.2 Å². The molecule has 29 heavy (non-hydrogen) atoms. The standard InChI is InChI=1S/C20H24N6O2.HI/c1-21-20(23-13-19-24-14-25-26(19)2)22-12-15-8-10-16(11-9-15)28-18-7-5-4-6-17(18)27-3;/h4-11,14H,12-13H2,1-3H3,(H2,21,22,23);1H. The molecule has 0 amide bonds. The van der Waals surface area contributed by atoms with Crippen molar-refractivity contribution in [1.29, 1.82) is 0 Å². The second-order valence-electron chi connectivity index (χ2n) is 5.98. The zero-order chi connectivity index (χ0) is 19.8. The fourth-order valence-electron chi connectivity index (χ4n) is 2.55. The molecule has 0 radical (unpaired) electrons. The quantitative estimate of drug-likeness (QED) is 0.290. The molecule has 1 aromatic heterocycles. The molecule has 154 valence electrons. The number of ether oxygens (including phenoxy) is 2. The summed E-state index contributed by atoms with van der Waals surface area (Å²) in [6, 6.07) is 15.4. The molecule has 0 aliphatic heterocycles. The maximum Gasteiger partial charge on any atom is 0.191 e. The van der Waals surface area contributed by atoms with Gasteiger partial charge in [0, 0.05) is 20.6 Å². The lowest BCUT2D eigenvalue weighted by Gasteiger charge is -2.12. The van der Waals surface area contributed by atoms with Gasteiger partial charge in [-0.25, -0.2) is 4.98 Å². The third-order valence-corrected chi connectivity index (χ3v) is 4.12. The van der Waals surface area contributed by atoms with E-state index in [2.05, 4.69) is 25.7 Å². The van der Waals surface area contributed by atoms with Gasteiger partial charge in [-0.2, -0.15) is 5.10 Å². The third-order valence-electron chi connectivity index (χ3n) is 4.12. The van der Waals surface area contributed by atoms with E-state index in [1.54, 1.807) is 18.8 Å². The number of hydrogen-bond donors (Lipinski definition) is 2. The average Bonchev–Trinajstić information content (AvgIpc) is 3.14. The Bertz CT molecular complexity index is 927. The van der Waals surface area contributed by atoms with E-state index in [0.29, 0.717) is 30.5 Å². The van der Waals surface area contributed by atoms with Gasteiger partial charge in [-0.1, -0.05) is 24.3 Å². The minimum absolute atomic E-state index is 0. The minimum atomic E-state index is 0. The first kappa shape index (κ1) is 22.5. The molecule has 0 aliphatic rings. The number of benzene rings is 2. The van der Waals surface area contributed by atoms with E-state index in [9.17, 15) is 0 Å². The summed E-state index contributed by atoms with van der Waals surface area (Å²) >= 11 is 0. The van der Waals surface area contributed by atoms with E-state index < -0.39 is 0 Å². The van der Waals surface area contributed by atoms with Crippen molar-refractivity contribution in [1.82, 2.24) is 25.4 Å². The molecule has 0 aliphatic carbocycles. The van der Waals surface area contributed by atoms with Crippen molar-refractivity contribution >= 4 is 29.9 Å². The molecule has 3 rings (SSSR count). The van der Waals surface area contributed by atoms with Gasteiger partial charge in [0.15, 0.2) is 17.5 Å². The molecule has 3 aromatic rings. The van der Waals surface area contributed by atoms with E-state index in [1.165, 1.54) is 6.33 Å². The smallest absolute Gasteiger partial charge is 0.191 e. The molecule has 9 heteroatoms. The van der Waals surface area contributed by atoms with Crippen LogP contribution in [0, 0.1) is 0 Å². The first-order valence-corrected chi connectivity index (χ1v) is 8.87. The zero-order valence-electron chi connectivity index (χ0n) is 16.6. The van der Waals surface area contributed by atoms with Crippen LogP contribution in [0.25, 0.3) is 0 Å². The Kier molecular flexibility index (Phi) is 8.71. The fraction of sp³-hybridized carbons (Fsp3) is 0.250. The number of aliphatic imine (C=N–C) groups is 1. The van der Waals surface area contributed by atoms with Crippen LogP contribution in [0.4, 0.5) is 0 Å². The van der Waals surface area contributed by atoms with Crippen LogP contribution < -0.4 is 20.1 Å². The summed E-state index contributed by atoms with van der Waals surface area (Å²) < 4.78 is 12.9. The predicted octanol–water partition coefficient (Wildman–Crippen LogP) is 3.10. The monoisotopic (exact) mass is 508 g/mol. The van der Waals surface area contributed by atoms with E-state index in [1.807, 2.05) is 55.6 Å². The van der Waals surface area contributed by atoms with Crippen LogP contribution in [0.3, 0.4) is 0 Å². The largest absolute Gasteiger partial charge is 0.493 e. The molecule has 1 heterocycles. The molecular weight excluding hydrogens is 483 g/mol. The SMILES string of the molecule is CN=C(NCc1ccc(Oc2ccccc2OC)cc1)NCc1ncnn1C.I. The lowest BCUT2D eigenvalue weighted by atomic mass is 10.2. The number of halogens is 1. The maximum atomic E-state index is 5.90. The van der Waals surface area contributed by atoms with Crippen molar-refractivity contribution in [2.45, 2.75) is 13.1 Å². The van der Waals surface area contributed by atoms with Crippen LogP contribution >= 0.6 is 24.0 Å². The number of aromatic nitrogens is 3. The zero-order valence-corrected chi connectivity index (χ0v) is 19.0. The number of guanidine groups is 1. The normalized spacial score (nSPS) is 10.8. The predicted molar refractivity (Wildman–Crippen MR) is 123 cm³/mol. The average molecular weight is 508 g/mol. The van der Waals surface area contributed by atoms with E-state index in [-0.39, 0.29) is 24.0 Å². The number of para-hydroxylation sites is 2. The second-order valence-corrected chi connectivity index (χ2v) is 5.98. The molecule has 0 bridgehead atoms. The van der Waals surface area contributed by atoms with Gasteiger partial charge in [-0.15, -0.1) is 24.0 Å². The summed E-state index contributed by atoms with van der Waals surface area (Å²) in [4.78, 5) is 8.40. The van der Waals surface area contributed by atoms with Crippen molar-refractivity contribution < 1.29 is 9.47 Å². The molecule has 0 saturated heterocycles. The summed E-state index contributed by atoms with van der Waals surface area (Å²) in [6.07, 6.45) is 1.53. The van der Waals surface area contributed by atoms with E-state index >= 15 is 0 Å². The fourth-order valence-corrected chi connectivity index (χ4v) is 2.55. The Hall–Kier alpha value is -2.82. The molecule has 0 saturated carbocycles. The molecular formula is C20H25IN6O2. The number of methoxy groups -OCH3 is 1. The highest BCUT2D eigenvalue weighted by atomic mass is 127. The Morgan fingerprint density at radius 3 is 2.34 bits per heavy atom. The topological polar surface area (TPSA) is 85.6 Å². The molecule has 0 unspecified atom stereocenters. The summed E-state index contributed by atoms with van der Waals surface area (Å²) in [5.74, 6) is 3.66. The Labute approximate surface area is 187 Å². The number of nitrogens with zero attached hydrogens (tertiary/aromatic N) is 4. The first-order valence-electron chi connectivity index (χ1n) is 8.87.